The van der Waals surface area contributed by atoms with Crippen LogP contribution in [0.5, 0.6) is 0 Å². The third-order valence-electron chi connectivity index (χ3n) is 0.920. The number of hydrogen-bond acceptors (Lipinski definition) is 2. The summed E-state index contributed by atoms with van der Waals surface area (Å²) >= 11 is 0. The van der Waals surface area contributed by atoms with Gasteiger partial charge in [0.05, 0.1) is 19.6 Å². The molecule has 0 saturated carbocycles. The van der Waals surface area contributed by atoms with Crippen LogP contribution in [0.4, 0.5) is 8.78 Å². The van der Waals surface area contributed by atoms with Crippen LogP contribution >= 0.6 is 0 Å². The van der Waals surface area contributed by atoms with Crippen LogP contribution in [0.25, 0.3) is 0 Å². The van der Waals surface area contributed by atoms with Crippen molar-refractivity contribution in [2.24, 2.45) is 0 Å². The molecule has 0 aromatic heterocycles. The fourth-order valence-corrected chi connectivity index (χ4v) is 0.454. The van der Waals surface area contributed by atoms with Gasteiger partial charge in [0.2, 0.25) is 0 Å². The Hall–Kier alpha value is -0.220. The van der Waals surface area contributed by atoms with Gasteiger partial charge in [0.15, 0.2) is 0 Å². The van der Waals surface area contributed by atoms with Crippen LogP contribution in [0, 0.1) is 0 Å². The predicted molar refractivity (Wildman–Crippen MR) is 32.9 cm³/mol. The third-order valence-corrected chi connectivity index (χ3v) is 0.920. The molecule has 0 atom stereocenters. The first-order valence-corrected chi connectivity index (χ1v) is 3.25. The Labute approximate surface area is 58.8 Å². The SMILES string of the molecule is CCCOC(F)(F)CCO. The molecular formula is C6H12F2O2. The van der Waals surface area contributed by atoms with Gasteiger partial charge in [-0.3, -0.25) is 0 Å². The normalized spacial score (nSPS) is 12.0. The summed E-state index contributed by atoms with van der Waals surface area (Å²) in [7, 11) is 0. The van der Waals surface area contributed by atoms with Crippen LogP contribution in [-0.4, -0.2) is 24.4 Å². The molecule has 0 unspecified atom stereocenters. The van der Waals surface area contributed by atoms with E-state index in [1.807, 2.05) is 0 Å². The molecule has 0 aliphatic carbocycles. The third kappa shape index (κ3) is 4.64. The van der Waals surface area contributed by atoms with Crippen LogP contribution in [0.2, 0.25) is 0 Å². The highest BCUT2D eigenvalue weighted by Gasteiger charge is 2.28. The highest BCUT2D eigenvalue weighted by molar-refractivity contribution is 4.50. The van der Waals surface area contributed by atoms with Gasteiger partial charge in [-0.1, -0.05) is 6.92 Å². The van der Waals surface area contributed by atoms with E-state index in [2.05, 4.69) is 4.74 Å². The lowest BCUT2D eigenvalue weighted by Crippen LogP contribution is -2.22. The Morgan fingerprint density at radius 3 is 2.50 bits per heavy atom. The molecule has 4 heteroatoms. The van der Waals surface area contributed by atoms with Crippen molar-refractivity contribution in [2.75, 3.05) is 13.2 Å². The zero-order valence-corrected chi connectivity index (χ0v) is 5.94. The van der Waals surface area contributed by atoms with Crippen molar-refractivity contribution in [1.29, 1.82) is 0 Å². The summed E-state index contributed by atoms with van der Waals surface area (Å²) in [5.74, 6) is 0. The van der Waals surface area contributed by atoms with Crippen LogP contribution in [-0.2, 0) is 4.74 Å². The second-order valence-corrected chi connectivity index (χ2v) is 1.96. The molecule has 10 heavy (non-hydrogen) atoms. The molecule has 0 rings (SSSR count). The molecular weight excluding hydrogens is 142 g/mol. The molecule has 0 aliphatic rings. The quantitative estimate of drug-likeness (QED) is 0.648. The first-order chi connectivity index (χ1) is 4.62. The predicted octanol–water partition coefficient (Wildman–Crippen LogP) is 1.39. The average Bonchev–Trinajstić information content (AvgIpc) is 1.84. The minimum absolute atomic E-state index is 0.0347. The van der Waals surface area contributed by atoms with Gasteiger partial charge in [-0.05, 0) is 6.42 Å². The number of hydrogen-bond donors (Lipinski definition) is 1. The molecule has 0 fully saturated rings. The Morgan fingerprint density at radius 2 is 2.10 bits per heavy atom. The van der Waals surface area contributed by atoms with Gasteiger partial charge in [0.25, 0.3) is 0 Å². The van der Waals surface area contributed by atoms with E-state index in [1.165, 1.54) is 0 Å². The zero-order chi connectivity index (χ0) is 8.04. The standard InChI is InChI=1S/C6H12F2O2/c1-2-5-10-6(7,8)3-4-9/h9H,2-5H2,1H3. The second-order valence-electron chi connectivity index (χ2n) is 1.96. The van der Waals surface area contributed by atoms with Gasteiger partial charge >= 0.3 is 6.11 Å². The van der Waals surface area contributed by atoms with Crippen LogP contribution in [0.15, 0.2) is 0 Å². The molecule has 0 aliphatic heterocycles. The maximum Gasteiger partial charge on any atom is 0.357 e. The van der Waals surface area contributed by atoms with Crippen molar-refractivity contribution in [3.05, 3.63) is 0 Å². The highest BCUT2D eigenvalue weighted by atomic mass is 19.3. The number of aliphatic hydroxyl groups is 1. The Morgan fingerprint density at radius 1 is 1.50 bits per heavy atom. The second kappa shape index (κ2) is 4.57. The molecule has 0 radical (unpaired) electrons. The first-order valence-electron chi connectivity index (χ1n) is 3.25. The van der Waals surface area contributed by atoms with Crippen molar-refractivity contribution in [3.63, 3.8) is 0 Å². The lowest BCUT2D eigenvalue weighted by atomic mass is 10.4. The summed E-state index contributed by atoms with van der Waals surface area (Å²) in [6, 6.07) is 0. The first kappa shape index (κ1) is 9.78. The molecule has 0 bridgehead atoms. The largest absolute Gasteiger partial charge is 0.396 e. The topological polar surface area (TPSA) is 29.5 Å². The summed E-state index contributed by atoms with van der Waals surface area (Å²) in [5, 5.41) is 8.14. The fourth-order valence-electron chi connectivity index (χ4n) is 0.454. The Balaban J connectivity index is 3.42. The van der Waals surface area contributed by atoms with Gasteiger partial charge < -0.3 is 9.84 Å². The molecule has 0 aromatic rings. The fraction of sp³-hybridized carbons (Fsp3) is 1.00. The number of ether oxygens (including phenoxy) is 1. The van der Waals surface area contributed by atoms with E-state index in [0.717, 1.165) is 0 Å². The Kier molecular flexibility index (Phi) is 4.47. The lowest BCUT2D eigenvalue weighted by molar-refractivity contribution is -0.245. The van der Waals surface area contributed by atoms with Gasteiger partial charge in [-0.2, -0.15) is 8.78 Å². The van der Waals surface area contributed by atoms with Gasteiger partial charge in [0.1, 0.15) is 0 Å². The van der Waals surface area contributed by atoms with Gasteiger partial charge in [-0.25, -0.2) is 0 Å². The van der Waals surface area contributed by atoms with E-state index < -0.39 is 19.1 Å². The number of rotatable bonds is 5. The van der Waals surface area contributed by atoms with Crippen LogP contribution in [0.1, 0.15) is 19.8 Å². The molecule has 0 heterocycles. The van der Waals surface area contributed by atoms with E-state index in [-0.39, 0.29) is 6.61 Å². The number of alkyl halides is 2. The minimum Gasteiger partial charge on any atom is -0.396 e. The molecule has 1 N–H and O–H groups in total. The van der Waals surface area contributed by atoms with Crippen molar-refractivity contribution < 1.29 is 18.6 Å². The zero-order valence-electron chi connectivity index (χ0n) is 5.94. The summed E-state index contributed by atoms with van der Waals surface area (Å²) in [6.07, 6.45) is -3.21. The summed E-state index contributed by atoms with van der Waals surface area (Å²) in [6.45, 7) is 1.23. The van der Waals surface area contributed by atoms with Gasteiger partial charge in [0, 0.05) is 0 Å². The van der Waals surface area contributed by atoms with E-state index >= 15 is 0 Å². The van der Waals surface area contributed by atoms with Gasteiger partial charge in [-0.15, -0.1) is 0 Å². The van der Waals surface area contributed by atoms with E-state index in [9.17, 15) is 8.78 Å². The molecule has 0 saturated heterocycles. The highest BCUT2D eigenvalue weighted by Crippen LogP contribution is 2.19. The smallest absolute Gasteiger partial charge is 0.357 e. The number of halogens is 2. The van der Waals surface area contributed by atoms with Crippen molar-refractivity contribution in [1.82, 2.24) is 0 Å². The maximum atomic E-state index is 12.2. The molecule has 0 spiro atoms. The van der Waals surface area contributed by atoms with Crippen molar-refractivity contribution in [3.8, 4) is 0 Å². The minimum atomic E-state index is -3.15. The lowest BCUT2D eigenvalue weighted by Gasteiger charge is -2.14. The molecule has 62 valence electrons. The van der Waals surface area contributed by atoms with E-state index in [1.54, 1.807) is 6.92 Å². The number of aliphatic hydroxyl groups excluding tert-OH is 1. The average molecular weight is 154 g/mol. The monoisotopic (exact) mass is 154 g/mol. The van der Waals surface area contributed by atoms with Crippen molar-refractivity contribution >= 4 is 0 Å². The molecule has 0 aromatic carbocycles. The maximum absolute atomic E-state index is 12.2. The summed E-state index contributed by atoms with van der Waals surface area (Å²) in [5.41, 5.74) is 0. The van der Waals surface area contributed by atoms with Crippen molar-refractivity contribution in [2.45, 2.75) is 25.9 Å². The summed E-state index contributed by atoms with van der Waals surface area (Å²) in [4.78, 5) is 0. The summed E-state index contributed by atoms with van der Waals surface area (Å²) < 4.78 is 28.6. The Bertz CT molecular complexity index is 85.8. The van der Waals surface area contributed by atoms with Crippen LogP contribution in [0.3, 0.4) is 0 Å². The molecule has 0 amide bonds. The van der Waals surface area contributed by atoms with E-state index in [0.29, 0.717) is 6.42 Å². The van der Waals surface area contributed by atoms with Crippen LogP contribution < -0.4 is 0 Å². The molecule has 2 nitrogen and oxygen atoms in total. The van der Waals surface area contributed by atoms with E-state index in [4.69, 9.17) is 5.11 Å².